The molecule has 0 heterocycles. The first-order valence-corrected chi connectivity index (χ1v) is 4.47. The van der Waals surface area contributed by atoms with Crippen LogP contribution in [0, 0.1) is 9.39 Å². The lowest BCUT2D eigenvalue weighted by molar-refractivity contribution is -0.127. The van der Waals surface area contributed by atoms with Crippen molar-refractivity contribution in [3.63, 3.8) is 0 Å². The van der Waals surface area contributed by atoms with Crippen LogP contribution in [-0.2, 0) is 6.42 Å². The van der Waals surface area contributed by atoms with Crippen LogP contribution in [0.1, 0.15) is 5.56 Å². The van der Waals surface area contributed by atoms with Crippen LogP contribution in [-0.4, -0.2) is 6.18 Å². The van der Waals surface area contributed by atoms with Gasteiger partial charge in [0.05, 0.1) is 6.42 Å². The van der Waals surface area contributed by atoms with Crippen molar-refractivity contribution in [2.24, 2.45) is 0 Å². The van der Waals surface area contributed by atoms with E-state index < -0.39 is 18.4 Å². The highest BCUT2D eigenvalue weighted by atomic mass is 127. The summed E-state index contributed by atoms with van der Waals surface area (Å²) in [4.78, 5) is 0. The predicted molar refractivity (Wildman–Crippen MR) is 48.9 cm³/mol. The van der Waals surface area contributed by atoms with Crippen LogP contribution in [0.15, 0.2) is 18.2 Å². The van der Waals surface area contributed by atoms with Gasteiger partial charge in [-0.1, -0.05) is 6.07 Å². The van der Waals surface area contributed by atoms with Crippen molar-refractivity contribution in [1.29, 1.82) is 0 Å². The Morgan fingerprint density at radius 3 is 2.31 bits per heavy atom. The highest BCUT2D eigenvalue weighted by Crippen LogP contribution is 2.22. The monoisotopic (exact) mass is 304 g/mol. The molecule has 1 aromatic rings. The zero-order valence-electron chi connectivity index (χ0n) is 6.33. The van der Waals surface area contributed by atoms with Gasteiger partial charge in [-0.2, -0.15) is 13.2 Å². The van der Waals surface area contributed by atoms with Crippen LogP contribution < -0.4 is 0 Å². The molecule has 0 aromatic heterocycles. The highest BCUT2D eigenvalue weighted by molar-refractivity contribution is 14.1. The Morgan fingerprint density at radius 1 is 1.23 bits per heavy atom. The van der Waals surface area contributed by atoms with Crippen molar-refractivity contribution in [3.05, 3.63) is 33.1 Å². The van der Waals surface area contributed by atoms with Crippen LogP contribution >= 0.6 is 22.6 Å². The summed E-state index contributed by atoms with van der Waals surface area (Å²) < 4.78 is 48.7. The quantitative estimate of drug-likeness (QED) is 0.550. The van der Waals surface area contributed by atoms with Crippen molar-refractivity contribution in [2.45, 2.75) is 12.6 Å². The molecule has 0 saturated heterocycles. The molecule has 0 N–H and O–H groups in total. The molecule has 0 radical (unpaired) electrons. The molecule has 13 heavy (non-hydrogen) atoms. The second-order valence-electron chi connectivity index (χ2n) is 2.54. The minimum absolute atomic E-state index is 0.0505. The summed E-state index contributed by atoms with van der Waals surface area (Å²) in [6.07, 6.45) is -5.36. The number of hydrogen-bond donors (Lipinski definition) is 0. The Balaban J connectivity index is 2.86. The predicted octanol–water partition coefficient (Wildman–Crippen LogP) is 3.54. The summed E-state index contributed by atoms with van der Waals surface area (Å²) in [5.74, 6) is -0.609. The molecule has 0 bridgehead atoms. The Kier molecular flexibility index (Phi) is 3.15. The molecule has 0 nitrogen and oxygen atoms in total. The maximum atomic E-state index is 12.8. The minimum Gasteiger partial charge on any atom is -0.206 e. The second-order valence-corrected chi connectivity index (χ2v) is 3.70. The van der Waals surface area contributed by atoms with Crippen LogP contribution in [0.3, 0.4) is 0 Å². The molecule has 0 aliphatic rings. The van der Waals surface area contributed by atoms with E-state index in [1.165, 1.54) is 12.1 Å². The molecule has 0 amide bonds. The average molecular weight is 304 g/mol. The summed E-state index contributed by atoms with van der Waals surface area (Å²) in [7, 11) is 0. The molecule has 0 saturated carbocycles. The Hall–Kier alpha value is -0.330. The molecule has 1 rings (SSSR count). The van der Waals surface area contributed by atoms with E-state index in [-0.39, 0.29) is 5.56 Å². The summed E-state index contributed by atoms with van der Waals surface area (Å²) in [6, 6.07) is 3.52. The van der Waals surface area contributed by atoms with Crippen molar-refractivity contribution in [1.82, 2.24) is 0 Å². The van der Waals surface area contributed by atoms with Crippen molar-refractivity contribution in [2.75, 3.05) is 0 Å². The average Bonchev–Trinajstić information content (AvgIpc) is 1.94. The van der Waals surface area contributed by atoms with Gasteiger partial charge in [0.25, 0.3) is 0 Å². The van der Waals surface area contributed by atoms with E-state index in [4.69, 9.17) is 0 Å². The van der Waals surface area contributed by atoms with Crippen molar-refractivity contribution in [3.8, 4) is 0 Å². The number of halogens is 5. The van der Waals surface area contributed by atoms with E-state index in [0.29, 0.717) is 3.57 Å². The zero-order chi connectivity index (χ0) is 10.1. The van der Waals surface area contributed by atoms with E-state index in [9.17, 15) is 17.6 Å². The van der Waals surface area contributed by atoms with E-state index in [1.807, 2.05) is 0 Å². The van der Waals surface area contributed by atoms with Gasteiger partial charge in [0, 0.05) is 3.57 Å². The van der Waals surface area contributed by atoms with Gasteiger partial charge in [-0.25, -0.2) is 4.39 Å². The molecular weight excluding hydrogens is 299 g/mol. The first kappa shape index (κ1) is 10.7. The standard InChI is InChI=1S/C8H5F4I/c9-6-3-5(1-2-7(6)13)4-8(10,11)12/h1-3H,4H2. The fourth-order valence-corrected chi connectivity index (χ4v) is 1.22. The van der Waals surface area contributed by atoms with E-state index >= 15 is 0 Å². The van der Waals surface area contributed by atoms with Crippen molar-refractivity contribution < 1.29 is 17.6 Å². The summed E-state index contributed by atoms with van der Waals surface area (Å²) in [5.41, 5.74) is -0.0505. The third kappa shape index (κ3) is 3.50. The lowest BCUT2D eigenvalue weighted by Crippen LogP contribution is -2.11. The normalized spacial score (nSPS) is 11.8. The minimum atomic E-state index is -4.28. The van der Waals surface area contributed by atoms with Crippen LogP contribution in [0.2, 0.25) is 0 Å². The maximum Gasteiger partial charge on any atom is 0.393 e. The molecule has 0 aliphatic heterocycles. The van der Waals surface area contributed by atoms with Crippen molar-refractivity contribution >= 4 is 22.6 Å². The molecule has 0 aliphatic carbocycles. The first-order valence-electron chi connectivity index (χ1n) is 3.39. The fraction of sp³-hybridized carbons (Fsp3) is 0.250. The van der Waals surface area contributed by atoms with Gasteiger partial charge >= 0.3 is 6.18 Å². The molecule has 1 aromatic carbocycles. The van der Waals surface area contributed by atoms with Gasteiger partial charge < -0.3 is 0 Å². The Bertz CT molecular complexity index is 306. The molecule has 0 fully saturated rings. The lowest BCUT2D eigenvalue weighted by Gasteiger charge is -2.06. The van der Waals surface area contributed by atoms with E-state index in [2.05, 4.69) is 0 Å². The molecular formula is C8H5F4I. The number of rotatable bonds is 1. The third-order valence-corrected chi connectivity index (χ3v) is 2.26. The molecule has 0 atom stereocenters. The largest absolute Gasteiger partial charge is 0.393 e. The van der Waals surface area contributed by atoms with Crippen LogP contribution in [0.25, 0.3) is 0 Å². The molecule has 0 spiro atoms. The second kappa shape index (κ2) is 3.81. The lowest BCUT2D eigenvalue weighted by atomic mass is 10.1. The fourth-order valence-electron chi connectivity index (χ4n) is 0.881. The first-order chi connectivity index (χ1) is 5.88. The topological polar surface area (TPSA) is 0 Å². The molecule has 5 heteroatoms. The highest BCUT2D eigenvalue weighted by Gasteiger charge is 2.27. The molecule has 72 valence electrons. The van der Waals surface area contributed by atoms with Gasteiger partial charge in [-0.15, -0.1) is 0 Å². The summed E-state index contributed by atoms with van der Waals surface area (Å²) in [6.45, 7) is 0. The summed E-state index contributed by atoms with van der Waals surface area (Å²) >= 11 is 1.72. The smallest absolute Gasteiger partial charge is 0.206 e. The maximum absolute atomic E-state index is 12.8. The number of hydrogen-bond acceptors (Lipinski definition) is 0. The summed E-state index contributed by atoms with van der Waals surface area (Å²) in [5, 5.41) is 0. The Labute approximate surface area is 86.1 Å². The van der Waals surface area contributed by atoms with E-state index in [1.54, 1.807) is 22.6 Å². The van der Waals surface area contributed by atoms with Gasteiger partial charge in [0.1, 0.15) is 5.82 Å². The van der Waals surface area contributed by atoms with Gasteiger partial charge in [-0.3, -0.25) is 0 Å². The third-order valence-electron chi connectivity index (χ3n) is 1.39. The van der Waals surface area contributed by atoms with Gasteiger partial charge in [-0.05, 0) is 40.3 Å². The van der Waals surface area contributed by atoms with Gasteiger partial charge in [0.15, 0.2) is 0 Å². The SMILES string of the molecule is Fc1cc(CC(F)(F)F)ccc1I. The van der Waals surface area contributed by atoms with E-state index in [0.717, 1.165) is 6.07 Å². The Morgan fingerprint density at radius 2 is 1.85 bits per heavy atom. The molecule has 0 unspecified atom stereocenters. The van der Waals surface area contributed by atoms with Gasteiger partial charge in [0.2, 0.25) is 0 Å². The number of benzene rings is 1. The number of alkyl halides is 3. The zero-order valence-corrected chi connectivity index (χ0v) is 8.49. The van der Waals surface area contributed by atoms with Crippen LogP contribution in [0.4, 0.5) is 17.6 Å². The van der Waals surface area contributed by atoms with Crippen LogP contribution in [0.5, 0.6) is 0 Å².